The van der Waals surface area contributed by atoms with Crippen molar-refractivity contribution in [2.75, 3.05) is 37.6 Å². The minimum atomic E-state index is -0.103. The number of amides is 2. The van der Waals surface area contributed by atoms with E-state index in [9.17, 15) is 9.59 Å². The van der Waals surface area contributed by atoms with Crippen LogP contribution >= 0.6 is 11.8 Å². The lowest BCUT2D eigenvalue weighted by molar-refractivity contribution is -0.129. The number of thioether (sulfide) groups is 1. The van der Waals surface area contributed by atoms with Crippen molar-refractivity contribution in [2.45, 2.75) is 56.9 Å². The van der Waals surface area contributed by atoms with Crippen molar-refractivity contribution in [3.8, 4) is 0 Å². The van der Waals surface area contributed by atoms with Gasteiger partial charge in [-0.05, 0) is 36.5 Å². The summed E-state index contributed by atoms with van der Waals surface area (Å²) >= 11 is 1.59. The molecule has 0 unspecified atom stereocenters. The van der Waals surface area contributed by atoms with Gasteiger partial charge in [0.25, 0.3) is 5.91 Å². The smallest absolute Gasteiger partial charge is 0.251 e. The lowest BCUT2D eigenvalue weighted by Crippen LogP contribution is -2.48. The van der Waals surface area contributed by atoms with Crippen molar-refractivity contribution in [2.24, 2.45) is 5.92 Å². The molecule has 1 saturated heterocycles. The third-order valence-electron chi connectivity index (χ3n) is 6.31. The van der Waals surface area contributed by atoms with Crippen LogP contribution in [-0.4, -0.2) is 59.4 Å². The van der Waals surface area contributed by atoms with E-state index in [1.165, 1.54) is 12.8 Å². The number of hydrogen-bond donors (Lipinski definition) is 1. The normalized spacial score (nSPS) is 16.5. The summed E-state index contributed by atoms with van der Waals surface area (Å²) in [6.45, 7) is 11.8. The summed E-state index contributed by atoms with van der Waals surface area (Å²) in [5, 5.41) is 3.78. The fourth-order valence-electron chi connectivity index (χ4n) is 3.89. The first kappa shape index (κ1) is 24.5. The van der Waals surface area contributed by atoms with E-state index in [1.807, 2.05) is 29.2 Å². The number of benzene rings is 1. The summed E-state index contributed by atoms with van der Waals surface area (Å²) in [7, 11) is 0. The Morgan fingerprint density at radius 3 is 2.47 bits per heavy atom. The fraction of sp³-hybridized carbons (Fsp3) is 0.538. The van der Waals surface area contributed by atoms with E-state index in [4.69, 9.17) is 9.97 Å². The van der Waals surface area contributed by atoms with Crippen molar-refractivity contribution in [1.29, 1.82) is 0 Å². The van der Waals surface area contributed by atoms with Crippen LogP contribution in [0.1, 0.15) is 62.2 Å². The highest BCUT2D eigenvalue weighted by Crippen LogP contribution is 2.29. The maximum Gasteiger partial charge on any atom is 0.251 e. The summed E-state index contributed by atoms with van der Waals surface area (Å²) in [6.07, 6.45) is 2.44. The van der Waals surface area contributed by atoms with Crippen LogP contribution in [0.4, 0.5) is 5.82 Å². The third kappa shape index (κ3) is 6.50. The summed E-state index contributed by atoms with van der Waals surface area (Å²) in [5.74, 6) is 2.39. The van der Waals surface area contributed by atoms with Crippen LogP contribution in [0.5, 0.6) is 0 Å². The molecule has 4 rings (SSSR count). The van der Waals surface area contributed by atoms with Gasteiger partial charge in [0.1, 0.15) is 5.82 Å². The van der Waals surface area contributed by atoms with Crippen molar-refractivity contribution in [3.05, 3.63) is 47.2 Å². The van der Waals surface area contributed by atoms with E-state index < -0.39 is 0 Å². The molecule has 1 aromatic heterocycles. The molecule has 0 radical (unpaired) electrons. The van der Waals surface area contributed by atoms with E-state index in [-0.39, 0.29) is 17.2 Å². The highest BCUT2D eigenvalue weighted by molar-refractivity contribution is 7.98. The Labute approximate surface area is 206 Å². The van der Waals surface area contributed by atoms with E-state index in [2.05, 4.69) is 37.1 Å². The van der Waals surface area contributed by atoms with Crippen LogP contribution in [0.2, 0.25) is 0 Å². The molecule has 0 atom stereocenters. The van der Waals surface area contributed by atoms with Gasteiger partial charge in [-0.15, -0.1) is 0 Å². The Hall–Kier alpha value is -2.61. The van der Waals surface area contributed by atoms with Crippen molar-refractivity contribution in [3.63, 3.8) is 0 Å². The van der Waals surface area contributed by atoms with Gasteiger partial charge in [-0.25, -0.2) is 9.97 Å². The number of carbonyl (C=O) groups is 2. The Morgan fingerprint density at radius 1 is 1.09 bits per heavy atom. The van der Waals surface area contributed by atoms with Crippen LogP contribution in [-0.2, 0) is 16.0 Å². The van der Waals surface area contributed by atoms with Gasteiger partial charge in [0, 0.05) is 62.4 Å². The number of nitrogens with one attached hydrogen (secondary N) is 1. The standard InChI is InChI=1S/C26H35N5O2S/c1-18(32)30-10-12-31(13-11-30)23-15-22(26(2,3)4)28-25(29-23)34-17-20-6-5-7-21(14-20)24(33)27-16-19-8-9-19/h5-7,14-15,19H,8-13,16-17H2,1-4H3,(H,27,33). The van der Waals surface area contributed by atoms with E-state index in [1.54, 1.807) is 18.7 Å². The second-order valence-electron chi connectivity index (χ2n) is 10.3. The summed E-state index contributed by atoms with van der Waals surface area (Å²) < 4.78 is 0. The zero-order valence-electron chi connectivity index (χ0n) is 20.6. The zero-order chi connectivity index (χ0) is 24.3. The molecule has 2 aromatic rings. The molecule has 34 heavy (non-hydrogen) atoms. The molecule has 182 valence electrons. The zero-order valence-corrected chi connectivity index (χ0v) is 21.5. The van der Waals surface area contributed by atoms with Crippen molar-refractivity contribution in [1.82, 2.24) is 20.2 Å². The number of nitrogens with zero attached hydrogens (tertiary/aromatic N) is 4. The van der Waals surface area contributed by atoms with E-state index in [0.717, 1.165) is 41.9 Å². The maximum absolute atomic E-state index is 12.5. The molecule has 2 fully saturated rings. The number of anilines is 1. The highest BCUT2D eigenvalue weighted by atomic mass is 32.2. The molecule has 0 bridgehead atoms. The van der Waals surface area contributed by atoms with Crippen molar-refractivity contribution >= 4 is 29.4 Å². The molecule has 8 heteroatoms. The molecule has 0 spiro atoms. The van der Waals surface area contributed by atoms with Crippen LogP contribution in [0, 0.1) is 5.92 Å². The number of hydrogen-bond acceptors (Lipinski definition) is 6. The first-order valence-electron chi connectivity index (χ1n) is 12.1. The lowest BCUT2D eigenvalue weighted by Gasteiger charge is -2.35. The molecule has 2 aliphatic rings. The molecule has 1 saturated carbocycles. The summed E-state index contributed by atoms with van der Waals surface area (Å²) in [4.78, 5) is 38.0. The van der Waals surface area contributed by atoms with Gasteiger partial charge in [-0.2, -0.15) is 0 Å². The molecule has 1 aliphatic heterocycles. The minimum Gasteiger partial charge on any atom is -0.353 e. The molecule has 2 heterocycles. The van der Waals surface area contributed by atoms with Gasteiger partial charge in [-0.3, -0.25) is 9.59 Å². The molecule has 1 aromatic carbocycles. The third-order valence-corrected chi connectivity index (χ3v) is 7.23. The number of rotatable bonds is 7. The highest BCUT2D eigenvalue weighted by Gasteiger charge is 2.24. The van der Waals surface area contributed by atoms with Crippen LogP contribution in [0.15, 0.2) is 35.5 Å². The summed E-state index contributed by atoms with van der Waals surface area (Å²) in [5.41, 5.74) is 2.67. The minimum absolute atomic E-state index is 0.00304. The van der Waals surface area contributed by atoms with Crippen LogP contribution < -0.4 is 10.2 Å². The Kier molecular flexibility index (Phi) is 7.45. The Morgan fingerprint density at radius 2 is 1.82 bits per heavy atom. The monoisotopic (exact) mass is 481 g/mol. The van der Waals surface area contributed by atoms with Gasteiger partial charge in [0.15, 0.2) is 5.16 Å². The van der Waals surface area contributed by atoms with Crippen LogP contribution in [0.3, 0.4) is 0 Å². The first-order valence-corrected chi connectivity index (χ1v) is 13.1. The maximum atomic E-state index is 12.5. The Balaban J connectivity index is 1.46. The van der Waals surface area contributed by atoms with E-state index >= 15 is 0 Å². The van der Waals surface area contributed by atoms with Crippen LogP contribution in [0.25, 0.3) is 0 Å². The first-order chi connectivity index (χ1) is 16.2. The second kappa shape index (κ2) is 10.3. The number of aromatic nitrogens is 2. The molecule has 2 amide bonds. The van der Waals surface area contributed by atoms with Gasteiger partial charge in [0.05, 0.1) is 5.69 Å². The molecular formula is C26H35N5O2S. The predicted octanol–water partition coefficient (Wildman–Crippen LogP) is 3.87. The van der Waals surface area contributed by atoms with Gasteiger partial charge < -0.3 is 15.1 Å². The quantitative estimate of drug-likeness (QED) is 0.478. The van der Waals surface area contributed by atoms with Gasteiger partial charge in [-0.1, -0.05) is 44.7 Å². The fourth-order valence-corrected chi connectivity index (χ4v) is 4.68. The Bertz CT molecular complexity index is 1040. The second-order valence-corrected chi connectivity index (χ2v) is 11.2. The van der Waals surface area contributed by atoms with Gasteiger partial charge >= 0.3 is 0 Å². The molecule has 1 N–H and O–H groups in total. The van der Waals surface area contributed by atoms with Crippen molar-refractivity contribution < 1.29 is 9.59 Å². The van der Waals surface area contributed by atoms with Gasteiger partial charge in [0.2, 0.25) is 5.91 Å². The average Bonchev–Trinajstić information content (AvgIpc) is 3.65. The lowest BCUT2D eigenvalue weighted by atomic mass is 9.92. The largest absolute Gasteiger partial charge is 0.353 e. The predicted molar refractivity (Wildman–Crippen MR) is 136 cm³/mol. The number of piperazine rings is 1. The SMILES string of the molecule is CC(=O)N1CCN(c2cc(C(C)(C)C)nc(SCc3cccc(C(=O)NCC4CC4)c3)n2)CC1. The molecular weight excluding hydrogens is 446 g/mol. The average molecular weight is 482 g/mol. The molecule has 1 aliphatic carbocycles. The topological polar surface area (TPSA) is 78.4 Å². The summed E-state index contributed by atoms with van der Waals surface area (Å²) in [6, 6.07) is 9.89. The number of carbonyl (C=O) groups excluding carboxylic acids is 2. The van der Waals surface area contributed by atoms with E-state index in [0.29, 0.717) is 30.3 Å². The molecule has 7 nitrogen and oxygen atoms in total.